The predicted octanol–water partition coefficient (Wildman–Crippen LogP) is 6.67. The lowest BCUT2D eigenvalue weighted by atomic mass is 9.95. The third kappa shape index (κ3) is 6.93. The number of carbonyl (C=O) groups is 1. The van der Waals surface area contributed by atoms with Crippen LogP contribution in [0.4, 0.5) is 5.69 Å². The normalized spacial score (nSPS) is 13.6. The summed E-state index contributed by atoms with van der Waals surface area (Å²) in [7, 11) is 0. The van der Waals surface area contributed by atoms with E-state index in [1.54, 1.807) is 0 Å². The zero-order valence-corrected chi connectivity index (χ0v) is 19.6. The molecule has 0 bridgehead atoms. The molecule has 0 saturated heterocycles. The van der Waals surface area contributed by atoms with Crippen molar-refractivity contribution in [2.75, 3.05) is 11.4 Å². The van der Waals surface area contributed by atoms with Crippen molar-refractivity contribution in [1.82, 2.24) is 0 Å². The topological polar surface area (TPSA) is 46.3 Å². The van der Waals surface area contributed by atoms with Crippen LogP contribution in [0.2, 0.25) is 0 Å². The Hall–Kier alpha value is -3.17. The molecule has 2 unspecified atom stereocenters. The lowest BCUT2D eigenvalue weighted by Gasteiger charge is -2.28. The van der Waals surface area contributed by atoms with Gasteiger partial charge in [-0.15, -0.1) is 13.2 Å². The molecule has 0 saturated carbocycles. The smallest absolute Gasteiger partial charge is 0.227 e. The Kier molecular flexibility index (Phi) is 9.90. The molecule has 32 heavy (non-hydrogen) atoms. The van der Waals surface area contributed by atoms with Crippen molar-refractivity contribution >= 4 is 11.6 Å². The van der Waals surface area contributed by atoms with Crippen LogP contribution in [0.3, 0.4) is 0 Å². The number of amides is 1. The van der Waals surface area contributed by atoms with E-state index in [9.17, 15) is 4.79 Å². The monoisotopic (exact) mass is 428 g/mol. The summed E-state index contributed by atoms with van der Waals surface area (Å²) in [6.07, 6.45) is 11.2. The molecule has 0 heterocycles. The number of hydrogen-bond acceptors (Lipinski definition) is 2. The van der Waals surface area contributed by atoms with E-state index >= 15 is 0 Å². The lowest BCUT2D eigenvalue weighted by Crippen LogP contribution is -2.33. The summed E-state index contributed by atoms with van der Waals surface area (Å²) in [6.45, 7) is 14.2. The average molecular weight is 429 g/mol. The molecule has 0 fully saturated rings. The van der Waals surface area contributed by atoms with Gasteiger partial charge in [0.1, 0.15) is 0 Å². The van der Waals surface area contributed by atoms with Crippen molar-refractivity contribution in [3.8, 4) is 0 Å². The highest BCUT2D eigenvalue weighted by Gasteiger charge is 2.22. The standard InChI is InChI=1S/C29H36N2O/c1-6-9-13-24(18-16-22(4)7-2)21-31(28(32)8-3)27-19-17-23(5)20-26(27)29(30)25-14-11-10-12-15-25/h6-7,10-20,22,29H,1-2,8-9,21,30H2,3-5H3/b18-16-,24-13+. The molecule has 0 aliphatic carbocycles. The Morgan fingerprint density at radius 1 is 1.16 bits per heavy atom. The maximum atomic E-state index is 13.1. The van der Waals surface area contributed by atoms with Gasteiger partial charge in [-0.2, -0.15) is 0 Å². The maximum Gasteiger partial charge on any atom is 0.227 e. The Morgan fingerprint density at radius 2 is 1.88 bits per heavy atom. The second-order valence-corrected chi connectivity index (χ2v) is 8.04. The molecule has 1 amide bonds. The van der Waals surface area contributed by atoms with E-state index in [1.165, 1.54) is 0 Å². The number of carbonyl (C=O) groups excluding carboxylic acids is 1. The fraction of sp³-hybridized carbons (Fsp3) is 0.276. The van der Waals surface area contributed by atoms with E-state index < -0.39 is 0 Å². The largest absolute Gasteiger partial charge is 0.320 e. The van der Waals surface area contributed by atoms with Crippen LogP contribution in [0, 0.1) is 12.8 Å². The van der Waals surface area contributed by atoms with Gasteiger partial charge >= 0.3 is 0 Å². The van der Waals surface area contributed by atoms with Crippen molar-refractivity contribution in [2.24, 2.45) is 11.7 Å². The minimum atomic E-state index is -0.324. The van der Waals surface area contributed by atoms with Crippen LogP contribution in [0.25, 0.3) is 0 Å². The molecule has 0 radical (unpaired) electrons. The maximum absolute atomic E-state index is 13.1. The molecule has 2 aromatic carbocycles. The Balaban J connectivity index is 2.53. The van der Waals surface area contributed by atoms with Crippen molar-refractivity contribution in [3.63, 3.8) is 0 Å². The van der Waals surface area contributed by atoms with Crippen LogP contribution in [-0.2, 0) is 4.79 Å². The molecule has 0 aliphatic heterocycles. The van der Waals surface area contributed by atoms with Crippen LogP contribution < -0.4 is 10.6 Å². The van der Waals surface area contributed by atoms with Crippen LogP contribution in [0.5, 0.6) is 0 Å². The highest BCUT2D eigenvalue weighted by Crippen LogP contribution is 2.31. The number of anilines is 1. The number of rotatable bonds is 11. The summed E-state index contributed by atoms with van der Waals surface area (Å²) >= 11 is 0. The van der Waals surface area contributed by atoms with Gasteiger partial charge in [0.2, 0.25) is 5.91 Å². The van der Waals surface area contributed by atoms with Crippen molar-refractivity contribution in [1.29, 1.82) is 0 Å². The van der Waals surface area contributed by atoms with E-state index in [4.69, 9.17) is 5.73 Å². The molecule has 2 aromatic rings. The molecule has 0 aliphatic rings. The molecular formula is C29H36N2O. The minimum Gasteiger partial charge on any atom is -0.320 e. The number of benzene rings is 2. The Labute approximate surface area is 193 Å². The van der Waals surface area contributed by atoms with Crippen LogP contribution in [0.15, 0.2) is 97.6 Å². The second-order valence-electron chi connectivity index (χ2n) is 8.04. The Bertz CT molecular complexity index is 972. The van der Waals surface area contributed by atoms with E-state index in [-0.39, 0.29) is 17.9 Å². The fourth-order valence-electron chi connectivity index (χ4n) is 3.46. The van der Waals surface area contributed by atoms with Crippen LogP contribution >= 0.6 is 0 Å². The van der Waals surface area contributed by atoms with Gasteiger partial charge in [-0.3, -0.25) is 4.79 Å². The third-order valence-corrected chi connectivity index (χ3v) is 5.44. The predicted molar refractivity (Wildman–Crippen MR) is 138 cm³/mol. The average Bonchev–Trinajstić information content (AvgIpc) is 2.83. The molecule has 0 aromatic heterocycles. The van der Waals surface area contributed by atoms with Gasteiger partial charge < -0.3 is 10.6 Å². The molecule has 2 rings (SSSR count). The summed E-state index contributed by atoms with van der Waals surface area (Å²) in [5.74, 6) is 0.309. The molecule has 3 heteroatoms. The van der Waals surface area contributed by atoms with Gasteiger partial charge in [0.25, 0.3) is 0 Å². The summed E-state index contributed by atoms with van der Waals surface area (Å²) in [6, 6.07) is 15.8. The zero-order chi connectivity index (χ0) is 23.5. The molecular weight excluding hydrogens is 392 g/mol. The quantitative estimate of drug-likeness (QED) is 0.321. The number of allylic oxidation sites excluding steroid dienone is 4. The van der Waals surface area contributed by atoms with E-state index in [0.717, 1.165) is 34.4 Å². The number of nitrogens with two attached hydrogens (primary N) is 1. The third-order valence-electron chi connectivity index (χ3n) is 5.44. The van der Waals surface area contributed by atoms with Crippen LogP contribution in [0.1, 0.15) is 49.4 Å². The SMILES string of the molecule is C=CC/C=C(\C=C/C(C)C=C)CN(C(=O)CC)c1ccc(C)cc1C(N)c1ccccc1. The van der Waals surface area contributed by atoms with E-state index in [1.807, 2.05) is 73.4 Å². The molecule has 168 valence electrons. The van der Waals surface area contributed by atoms with Crippen molar-refractivity contribution < 1.29 is 4.79 Å². The summed E-state index contributed by atoms with van der Waals surface area (Å²) in [4.78, 5) is 15.0. The number of nitrogens with zero attached hydrogens (tertiary/aromatic N) is 1. The van der Waals surface area contributed by atoms with Gasteiger partial charge in [0.15, 0.2) is 0 Å². The second kappa shape index (κ2) is 12.6. The van der Waals surface area contributed by atoms with Crippen molar-refractivity contribution in [3.05, 3.63) is 114 Å². The number of hydrogen-bond donors (Lipinski definition) is 1. The first-order chi connectivity index (χ1) is 15.4. The van der Waals surface area contributed by atoms with E-state index in [2.05, 4.69) is 44.4 Å². The molecule has 2 N–H and O–H groups in total. The number of aryl methyl sites for hydroxylation is 1. The van der Waals surface area contributed by atoms with Gasteiger partial charge in [-0.05, 0) is 42.0 Å². The van der Waals surface area contributed by atoms with Crippen LogP contribution in [-0.4, -0.2) is 12.5 Å². The lowest BCUT2D eigenvalue weighted by molar-refractivity contribution is -0.118. The first-order valence-corrected chi connectivity index (χ1v) is 11.2. The highest BCUT2D eigenvalue weighted by atomic mass is 16.2. The Morgan fingerprint density at radius 3 is 2.50 bits per heavy atom. The van der Waals surface area contributed by atoms with Gasteiger partial charge in [0, 0.05) is 12.1 Å². The minimum absolute atomic E-state index is 0.0602. The first-order valence-electron chi connectivity index (χ1n) is 11.2. The molecule has 0 spiro atoms. The summed E-state index contributed by atoms with van der Waals surface area (Å²) < 4.78 is 0. The summed E-state index contributed by atoms with van der Waals surface area (Å²) in [5.41, 5.74) is 11.7. The summed E-state index contributed by atoms with van der Waals surface area (Å²) in [5, 5.41) is 0. The van der Waals surface area contributed by atoms with Gasteiger partial charge in [0.05, 0.1) is 12.6 Å². The molecule has 2 atom stereocenters. The van der Waals surface area contributed by atoms with Gasteiger partial charge in [-0.25, -0.2) is 0 Å². The van der Waals surface area contributed by atoms with Gasteiger partial charge in [-0.1, -0.05) is 92.3 Å². The first kappa shape index (κ1) is 25.1. The van der Waals surface area contributed by atoms with E-state index in [0.29, 0.717) is 13.0 Å². The fourth-order valence-corrected chi connectivity index (χ4v) is 3.46. The molecule has 3 nitrogen and oxygen atoms in total. The zero-order valence-electron chi connectivity index (χ0n) is 19.6. The van der Waals surface area contributed by atoms with Crippen molar-refractivity contribution in [2.45, 2.75) is 39.7 Å². The highest BCUT2D eigenvalue weighted by molar-refractivity contribution is 5.94.